The Bertz CT molecular complexity index is 167. The van der Waals surface area contributed by atoms with E-state index in [1.807, 2.05) is 0 Å². The van der Waals surface area contributed by atoms with Crippen LogP contribution in [-0.4, -0.2) is 24.0 Å². The highest BCUT2D eigenvalue weighted by Crippen LogP contribution is 1.89. The van der Waals surface area contributed by atoms with Crippen LogP contribution in [0.4, 0.5) is 4.79 Å². The van der Waals surface area contributed by atoms with Crippen molar-refractivity contribution in [2.45, 2.75) is 6.92 Å². The third kappa shape index (κ3) is 1.81. The van der Waals surface area contributed by atoms with Crippen LogP contribution in [-0.2, 0) is 4.79 Å². The molecule has 3 amide bonds. The van der Waals surface area contributed by atoms with Crippen molar-refractivity contribution in [1.82, 2.24) is 10.3 Å². The summed E-state index contributed by atoms with van der Waals surface area (Å²) in [5.41, 5.74) is 0. The van der Waals surface area contributed by atoms with E-state index in [4.69, 9.17) is 0 Å². The van der Waals surface area contributed by atoms with Crippen LogP contribution >= 0.6 is 0 Å². The fourth-order valence-electron chi connectivity index (χ4n) is 0.343. The molecule has 0 aliphatic carbocycles. The SMILES string of the molecule is CNC(=O)N(N=O)C(C)=O. The minimum Gasteiger partial charge on any atom is -0.339 e. The van der Waals surface area contributed by atoms with E-state index in [1.54, 1.807) is 0 Å². The molecule has 0 aliphatic heterocycles. The van der Waals surface area contributed by atoms with Gasteiger partial charge in [-0.3, -0.25) is 4.79 Å². The van der Waals surface area contributed by atoms with Gasteiger partial charge in [0.25, 0.3) is 5.91 Å². The summed E-state index contributed by atoms with van der Waals surface area (Å²) in [6.45, 7) is 1.07. The highest BCUT2D eigenvalue weighted by atomic mass is 16.3. The first-order valence-electron chi connectivity index (χ1n) is 2.49. The van der Waals surface area contributed by atoms with Gasteiger partial charge in [0.05, 0.1) is 5.29 Å². The van der Waals surface area contributed by atoms with Crippen molar-refractivity contribution in [1.29, 1.82) is 0 Å². The lowest BCUT2D eigenvalue weighted by Crippen LogP contribution is -2.36. The molecular weight excluding hydrogens is 138 g/mol. The van der Waals surface area contributed by atoms with E-state index >= 15 is 0 Å². The average molecular weight is 145 g/mol. The van der Waals surface area contributed by atoms with Gasteiger partial charge in [-0.1, -0.05) is 0 Å². The van der Waals surface area contributed by atoms with Crippen LogP contribution in [0.1, 0.15) is 6.92 Å². The Morgan fingerprint density at radius 3 is 2.10 bits per heavy atom. The molecule has 6 heteroatoms. The van der Waals surface area contributed by atoms with Crippen LogP contribution in [0.2, 0.25) is 0 Å². The molecule has 0 saturated carbocycles. The number of hydrogen-bond donors (Lipinski definition) is 1. The fraction of sp³-hybridized carbons (Fsp3) is 0.500. The summed E-state index contributed by atoms with van der Waals surface area (Å²) in [5, 5.41) is 4.44. The van der Waals surface area contributed by atoms with Gasteiger partial charge in [-0.2, -0.15) is 0 Å². The van der Waals surface area contributed by atoms with E-state index in [-0.39, 0.29) is 5.01 Å². The summed E-state index contributed by atoms with van der Waals surface area (Å²) >= 11 is 0. The quantitative estimate of drug-likeness (QED) is 0.411. The zero-order chi connectivity index (χ0) is 8.15. The molecule has 0 aromatic heterocycles. The lowest BCUT2D eigenvalue weighted by molar-refractivity contribution is -0.126. The molecule has 0 saturated heterocycles. The van der Waals surface area contributed by atoms with Gasteiger partial charge in [-0.15, -0.1) is 9.92 Å². The summed E-state index contributed by atoms with van der Waals surface area (Å²) in [6.07, 6.45) is 0. The Morgan fingerprint density at radius 2 is 2.00 bits per heavy atom. The molecule has 0 atom stereocenters. The summed E-state index contributed by atoms with van der Waals surface area (Å²) in [4.78, 5) is 30.6. The molecule has 0 aromatic rings. The minimum absolute atomic E-state index is 0.194. The van der Waals surface area contributed by atoms with E-state index < -0.39 is 11.9 Å². The molecule has 0 heterocycles. The summed E-state index contributed by atoms with van der Waals surface area (Å²) in [7, 11) is 1.30. The second-order valence-corrected chi connectivity index (χ2v) is 1.47. The molecular formula is C4H7N3O3. The number of rotatable bonds is 1. The molecule has 6 nitrogen and oxygen atoms in total. The molecule has 0 rings (SSSR count). The first-order chi connectivity index (χ1) is 4.63. The monoisotopic (exact) mass is 145 g/mol. The summed E-state index contributed by atoms with van der Waals surface area (Å²) in [5.74, 6) is -0.714. The van der Waals surface area contributed by atoms with Crippen LogP contribution in [0.3, 0.4) is 0 Å². The van der Waals surface area contributed by atoms with E-state index in [0.717, 1.165) is 6.92 Å². The molecule has 0 bridgehead atoms. The zero-order valence-corrected chi connectivity index (χ0v) is 5.62. The molecule has 10 heavy (non-hydrogen) atoms. The highest BCUT2D eigenvalue weighted by molar-refractivity contribution is 5.92. The highest BCUT2D eigenvalue weighted by Gasteiger charge is 2.16. The van der Waals surface area contributed by atoms with Crippen LogP contribution in [0, 0.1) is 4.91 Å². The van der Waals surface area contributed by atoms with Gasteiger partial charge in [-0.25, -0.2) is 4.79 Å². The second kappa shape index (κ2) is 3.54. The van der Waals surface area contributed by atoms with Crippen molar-refractivity contribution >= 4 is 11.9 Å². The van der Waals surface area contributed by atoms with Crippen LogP contribution in [0.25, 0.3) is 0 Å². The minimum atomic E-state index is -0.831. The van der Waals surface area contributed by atoms with E-state index in [9.17, 15) is 14.5 Å². The second-order valence-electron chi connectivity index (χ2n) is 1.47. The Hall–Kier alpha value is -1.46. The van der Waals surface area contributed by atoms with E-state index in [0.29, 0.717) is 0 Å². The Morgan fingerprint density at radius 1 is 1.50 bits per heavy atom. The van der Waals surface area contributed by atoms with E-state index in [2.05, 4.69) is 10.6 Å². The van der Waals surface area contributed by atoms with E-state index in [1.165, 1.54) is 7.05 Å². The Labute approximate surface area is 57.1 Å². The normalized spacial score (nSPS) is 8.20. The standard InChI is InChI=1S/C4H7N3O3/c1-3(8)7(6-10)4(9)5-2/h1-2H3,(H,5,9). The van der Waals surface area contributed by atoms with Crippen molar-refractivity contribution in [3.8, 4) is 0 Å². The molecule has 0 spiro atoms. The third-order valence-electron chi connectivity index (χ3n) is 0.786. The van der Waals surface area contributed by atoms with Crippen LogP contribution < -0.4 is 5.32 Å². The van der Waals surface area contributed by atoms with Gasteiger partial charge in [0.15, 0.2) is 0 Å². The molecule has 56 valence electrons. The number of hydrogen-bond acceptors (Lipinski definition) is 4. The van der Waals surface area contributed by atoms with Crippen molar-refractivity contribution in [2.24, 2.45) is 5.29 Å². The number of urea groups is 1. The first-order valence-corrected chi connectivity index (χ1v) is 2.49. The lowest BCUT2D eigenvalue weighted by atomic mass is 10.7. The van der Waals surface area contributed by atoms with Crippen LogP contribution in [0.5, 0.6) is 0 Å². The van der Waals surface area contributed by atoms with Gasteiger partial charge < -0.3 is 5.32 Å². The number of carbonyl (C=O) groups excluding carboxylic acids is 2. The zero-order valence-electron chi connectivity index (χ0n) is 5.62. The number of imide groups is 1. The van der Waals surface area contributed by atoms with Crippen molar-refractivity contribution in [2.75, 3.05) is 7.05 Å². The average Bonchev–Trinajstić information content (AvgIpc) is 1.88. The maximum atomic E-state index is 10.5. The number of carbonyl (C=O) groups is 2. The smallest absolute Gasteiger partial charge is 0.339 e. The Balaban J connectivity index is 4.20. The van der Waals surface area contributed by atoms with Crippen molar-refractivity contribution < 1.29 is 9.59 Å². The molecule has 0 aromatic carbocycles. The number of nitroso groups, excluding NO2 is 1. The van der Waals surface area contributed by atoms with Gasteiger partial charge in [-0.05, 0) is 0 Å². The fourth-order valence-corrected chi connectivity index (χ4v) is 0.343. The molecule has 0 radical (unpaired) electrons. The number of amides is 3. The predicted octanol–water partition coefficient (Wildman–Crippen LogP) is -0.144. The van der Waals surface area contributed by atoms with Gasteiger partial charge in [0.1, 0.15) is 0 Å². The van der Waals surface area contributed by atoms with Gasteiger partial charge >= 0.3 is 6.03 Å². The lowest BCUT2D eigenvalue weighted by Gasteiger charge is -2.05. The molecule has 0 fully saturated rings. The van der Waals surface area contributed by atoms with Crippen molar-refractivity contribution in [3.05, 3.63) is 4.91 Å². The first kappa shape index (κ1) is 8.54. The summed E-state index contributed by atoms with van der Waals surface area (Å²) < 4.78 is 0. The maximum Gasteiger partial charge on any atom is 0.347 e. The molecule has 0 aliphatic rings. The number of nitrogens with zero attached hydrogens (tertiary/aromatic N) is 2. The van der Waals surface area contributed by atoms with Gasteiger partial charge in [0, 0.05) is 14.0 Å². The largest absolute Gasteiger partial charge is 0.347 e. The molecule has 1 N–H and O–H groups in total. The Kier molecular flexibility index (Phi) is 3.03. The van der Waals surface area contributed by atoms with Crippen LogP contribution in [0.15, 0.2) is 5.29 Å². The summed E-state index contributed by atoms with van der Waals surface area (Å²) in [6, 6.07) is -0.831. The number of nitrogens with one attached hydrogen (secondary N) is 1. The van der Waals surface area contributed by atoms with Gasteiger partial charge in [0.2, 0.25) is 0 Å². The maximum absolute atomic E-state index is 10.5. The third-order valence-corrected chi connectivity index (χ3v) is 0.786. The van der Waals surface area contributed by atoms with Crippen molar-refractivity contribution in [3.63, 3.8) is 0 Å². The predicted molar refractivity (Wildman–Crippen MR) is 32.8 cm³/mol. The topological polar surface area (TPSA) is 78.8 Å². The molecule has 0 unspecified atom stereocenters.